The Morgan fingerprint density at radius 1 is 1.35 bits per heavy atom. The first-order chi connectivity index (χ1) is 11.3. The number of fused-ring (bicyclic) bond motifs is 1. The maximum Gasteiger partial charge on any atom is 0.315 e. The molecule has 3 N–H and O–H groups in total. The SMILES string of the molecule is O=C(NCc1ccccc1)NC1CCCc2c1cnn2CCO. The molecule has 1 aliphatic rings. The fraction of sp³-hybridized carbons (Fsp3) is 0.412. The summed E-state index contributed by atoms with van der Waals surface area (Å²) < 4.78 is 1.84. The van der Waals surface area contributed by atoms with Gasteiger partial charge in [0, 0.05) is 17.8 Å². The van der Waals surface area contributed by atoms with E-state index >= 15 is 0 Å². The maximum absolute atomic E-state index is 12.1. The number of amides is 2. The second kappa shape index (κ2) is 7.28. The van der Waals surface area contributed by atoms with Crippen molar-refractivity contribution in [2.24, 2.45) is 0 Å². The minimum absolute atomic E-state index is 0.0121. The lowest BCUT2D eigenvalue weighted by atomic mass is 9.93. The molecule has 1 unspecified atom stereocenters. The first kappa shape index (κ1) is 15.6. The van der Waals surface area contributed by atoms with Gasteiger partial charge in [0.05, 0.1) is 25.4 Å². The Morgan fingerprint density at radius 3 is 2.96 bits per heavy atom. The molecule has 1 aromatic heterocycles. The lowest BCUT2D eigenvalue weighted by Gasteiger charge is -2.24. The summed E-state index contributed by atoms with van der Waals surface area (Å²) in [5.41, 5.74) is 3.26. The average molecular weight is 314 g/mol. The van der Waals surface area contributed by atoms with Crippen molar-refractivity contribution in [2.45, 2.75) is 38.4 Å². The summed E-state index contributed by atoms with van der Waals surface area (Å²) in [5, 5.41) is 19.3. The number of hydrogen-bond donors (Lipinski definition) is 3. The quantitative estimate of drug-likeness (QED) is 0.787. The van der Waals surface area contributed by atoms with Crippen molar-refractivity contribution < 1.29 is 9.90 Å². The van der Waals surface area contributed by atoms with Gasteiger partial charge in [-0.25, -0.2) is 4.79 Å². The molecule has 0 aliphatic heterocycles. The molecule has 0 radical (unpaired) electrons. The Bertz CT molecular complexity index is 654. The highest BCUT2D eigenvalue weighted by molar-refractivity contribution is 5.74. The lowest BCUT2D eigenvalue weighted by Crippen LogP contribution is -2.38. The number of benzene rings is 1. The van der Waals surface area contributed by atoms with Gasteiger partial charge >= 0.3 is 6.03 Å². The average Bonchev–Trinajstić information content (AvgIpc) is 2.99. The van der Waals surface area contributed by atoms with E-state index in [0.717, 1.165) is 36.1 Å². The van der Waals surface area contributed by atoms with Crippen LogP contribution in [-0.4, -0.2) is 27.5 Å². The summed E-state index contributed by atoms with van der Waals surface area (Å²) in [6, 6.07) is 9.66. The van der Waals surface area contributed by atoms with Gasteiger partial charge in [0.25, 0.3) is 0 Å². The number of hydrogen-bond acceptors (Lipinski definition) is 3. The fourth-order valence-corrected chi connectivity index (χ4v) is 3.04. The van der Waals surface area contributed by atoms with Crippen LogP contribution in [0.2, 0.25) is 0 Å². The van der Waals surface area contributed by atoms with Crippen molar-refractivity contribution in [2.75, 3.05) is 6.61 Å². The molecule has 1 atom stereocenters. The van der Waals surface area contributed by atoms with E-state index < -0.39 is 0 Å². The van der Waals surface area contributed by atoms with E-state index in [1.807, 2.05) is 41.2 Å². The van der Waals surface area contributed by atoms with Crippen molar-refractivity contribution >= 4 is 6.03 Å². The third kappa shape index (κ3) is 3.71. The minimum Gasteiger partial charge on any atom is -0.394 e. The molecule has 0 saturated heterocycles. The number of urea groups is 1. The molecule has 122 valence electrons. The first-order valence-corrected chi connectivity index (χ1v) is 8.01. The number of rotatable bonds is 5. The predicted octanol–water partition coefficient (Wildman–Crippen LogP) is 1.75. The summed E-state index contributed by atoms with van der Waals surface area (Å²) in [7, 11) is 0. The van der Waals surface area contributed by atoms with Gasteiger partial charge in [-0.1, -0.05) is 30.3 Å². The van der Waals surface area contributed by atoms with Gasteiger partial charge in [0.2, 0.25) is 0 Å². The summed E-state index contributed by atoms with van der Waals surface area (Å²) in [6.07, 6.45) is 4.68. The zero-order chi connectivity index (χ0) is 16.1. The zero-order valence-electron chi connectivity index (χ0n) is 13.0. The topological polar surface area (TPSA) is 79.2 Å². The highest BCUT2D eigenvalue weighted by Gasteiger charge is 2.25. The van der Waals surface area contributed by atoms with Crippen LogP contribution in [0, 0.1) is 0 Å². The maximum atomic E-state index is 12.1. The van der Waals surface area contributed by atoms with Crippen molar-refractivity contribution in [1.82, 2.24) is 20.4 Å². The number of nitrogens with zero attached hydrogens (tertiary/aromatic N) is 2. The fourth-order valence-electron chi connectivity index (χ4n) is 3.04. The number of aromatic nitrogens is 2. The monoisotopic (exact) mass is 314 g/mol. The van der Waals surface area contributed by atoms with Crippen LogP contribution in [0.5, 0.6) is 0 Å². The lowest BCUT2D eigenvalue weighted by molar-refractivity contribution is 0.234. The summed E-state index contributed by atoms with van der Waals surface area (Å²) in [5.74, 6) is 0. The molecule has 23 heavy (non-hydrogen) atoms. The molecule has 0 bridgehead atoms. The zero-order valence-corrected chi connectivity index (χ0v) is 13.0. The summed E-state index contributed by atoms with van der Waals surface area (Å²) in [6.45, 7) is 1.09. The normalized spacial score (nSPS) is 16.7. The van der Waals surface area contributed by atoms with Gasteiger partial charge in [0.15, 0.2) is 0 Å². The van der Waals surface area contributed by atoms with Crippen molar-refractivity contribution in [3.8, 4) is 0 Å². The van der Waals surface area contributed by atoms with Crippen LogP contribution < -0.4 is 10.6 Å². The highest BCUT2D eigenvalue weighted by Crippen LogP contribution is 2.29. The highest BCUT2D eigenvalue weighted by atomic mass is 16.3. The number of aliphatic hydroxyl groups is 1. The molecular formula is C17H22N4O2. The van der Waals surface area contributed by atoms with Gasteiger partial charge < -0.3 is 15.7 Å². The van der Waals surface area contributed by atoms with Crippen LogP contribution in [0.1, 0.15) is 35.7 Å². The molecule has 0 saturated carbocycles. The van der Waals surface area contributed by atoms with Crippen LogP contribution in [0.4, 0.5) is 4.79 Å². The van der Waals surface area contributed by atoms with Gasteiger partial charge in [0.1, 0.15) is 0 Å². The van der Waals surface area contributed by atoms with Crippen molar-refractivity contribution in [1.29, 1.82) is 0 Å². The number of nitrogens with one attached hydrogen (secondary N) is 2. The Hall–Kier alpha value is -2.34. The molecule has 1 aromatic carbocycles. The third-order valence-electron chi connectivity index (χ3n) is 4.18. The smallest absolute Gasteiger partial charge is 0.315 e. The van der Waals surface area contributed by atoms with Crippen LogP contribution in [0.25, 0.3) is 0 Å². The Balaban J connectivity index is 1.59. The van der Waals surface area contributed by atoms with Gasteiger partial charge in [-0.05, 0) is 24.8 Å². The molecule has 1 heterocycles. The summed E-state index contributed by atoms with van der Waals surface area (Å²) in [4.78, 5) is 12.1. The number of carbonyl (C=O) groups is 1. The summed E-state index contributed by atoms with van der Waals surface area (Å²) >= 11 is 0. The molecule has 2 aromatic rings. The molecule has 6 nitrogen and oxygen atoms in total. The third-order valence-corrected chi connectivity index (χ3v) is 4.18. The van der Waals surface area contributed by atoms with E-state index in [9.17, 15) is 4.79 Å². The van der Waals surface area contributed by atoms with Gasteiger partial charge in [-0.15, -0.1) is 0 Å². The molecule has 0 spiro atoms. The number of carbonyl (C=O) groups excluding carboxylic acids is 1. The standard InChI is InChI=1S/C17H22N4O2/c22-10-9-21-16-8-4-7-15(14(16)12-19-21)20-17(23)18-11-13-5-2-1-3-6-13/h1-3,5-6,12,15,22H,4,7-11H2,(H2,18,20,23). The molecule has 6 heteroatoms. The Morgan fingerprint density at radius 2 is 2.17 bits per heavy atom. The van der Waals surface area contributed by atoms with Crippen LogP contribution in [0.3, 0.4) is 0 Å². The second-order valence-electron chi connectivity index (χ2n) is 5.75. The molecule has 2 amide bonds. The van der Waals surface area contributed by atoms with E-state index in [1.165, 1.54) is 0 Å². The van der Waals surface area contributed by atoms with Gasteiger partial charge in [-0.2, -0.15) is 5.10 Å². The van der Waals surface area contributed by atoms with E-state index in [4.69, 9.17) is 5.11 Å². The van der Waals surface area contributed by atoms with E-state index in [-0.39, 0.29) is 18.7 Å². The molecule has 1 aliphatic carbocycles. The molecule has 3 rings (SSSR count). The predicted molar refractivity (Wildman–Crippen MR) is 86.8 cm³/mol. The van der Waals surface area contributed by atoms with Crippen molar-refractivity contribution in [3.63, 3.8) is 0 Å². The minimum atomic E-state index is -0.165. The van der Waals surface area contributed by atoms with Crippen molar-refractivity contribution in [3.05, 3.63) is 53.3 Å². The molecular weight excluding hydrogens is 292 g/mol. The van der Waals surface area contributed by atoms with Crippen LogP contribution in [-0.2, 0) is 19.5 Å². The van der Waals surface area contributed by atoms with Crippen LogP contribution in [0.15, 0.2) is 36.5 Å². The van der Waals surface area contributed by atoms with Gasteiger partial charge in [-0.3, -0.25) is 4.68 Å². The first-order valence-electron chi connectivity index (χ1n) is 8.01. The van der Waals surface area contributed by atoms with E-state index in [0.29, 0.717) is 13.1 Å². The second-order valence-corrected chi connectivity index (χ2v) is 5.75. The van der Waals surface area contributed by atoms with E-state index in [2.05, 4.69) is 15.7 Å². The Kier molecular flexibility index (Phi) is 4.92. The number of aliphatic hydroxyl groups excluding tert-OH is 1. The van der Waals surface area contributed by atoms with Crippen LogP contribution >= 0.6 is 0 Å². The Labute approximate surface area is 135 Å². The van der Waals surface area contributed by atoms with E-state index in [1.54, 1.807) is 0 Å². The molecule has 0 fully saturated rings. The largest absolute Gasteiger partial charge is 0.394 e.